The lowest BCUT2D eigenvalue weighted by Gasteiger charge is -2.22. The molecule has 0 saturated carbocycles. The number of aliphatic imine (C=N–C) groups is 1. The molecule has 0 fully saturated rings. The maximum atomic E-state index is 11.5. The maximum absolute atomic E-state index is 11.5. The molecule has 0 aliphatic rings. The second kappa shape index (κ2) is 10.8. The monoisotopic (exact) mass is 439 g/mol. The van der Waals surface area contributed by atoms with Gasteiger partial charge in [0.2, 0.25) is 0 Å². The van der Waals surface area contributed by atoms with Crippen LogP contribution in [0, 0.1) is 0 Å². The van der Waals surface area contributed by atoms with Crippen LogP contribution in [0.2, 0.25) is 0 Å². The predicted octanol–water partition coefficient (Wildman–Crippen LogP) is 2.14. The van der Waals surface area contributed by atoms with Gasteiger partial charge in [-0.05, 0) is 12.5 Å². The van der Waals surface area contributed by atoms with Gasteiger partial charge in [-0.1, -0.05) is 37.3 Å². The Morgan fingerprint density at radius 3 is 2.41 bits per heavy atom. The molecule has 0 saturated heterocycles. The predicted molar refractivity (Wildman–Crippen MR) is 104 cm³/mol. The van der Waals surface area contributed by atoms with Gasteiger partial charge in [0.25, 0.3) is 0 Å². The molecule has 0 atom stereocenters. The van der Waals surface area contributed by atoms with Gasteiger partial charge in [0.1, 0.15) is 0 Å². The molecule has 1 aromatic carbocycles. The minimum absolute atomic E-state index is 0. The van der Waals surface area contributed by atoms with Crippen molar-refractivity contribution in [3.63, 3.8) is 0 Å². The first-order valence-corrected chi connectivity index (χ1v) is 9.04. The van der Waals surface area contributed by atoms with Crippen LogP contribution >= 0.6 is 24.0 Å². The summed E-state index contributed by atoms with van der Waals surface area (Å²) in [5.74, 6) is 0.990. The first-order valence-electron chi connectivity index (χ1n) is 7.22. The van der Waals surface area contributed by atoms with E-state index in [1.165, 1.54) is 5.56 Å². The van der Waals surface area contributed by atoms with E-state index in [0.29, 0.717) is 0 Å². The van der Waals surface area contributed by atoms with Gasteiger partial charge in [0.05, 0.1) is 12.3 Å². The summed E-state index contributed by atoms with van der Waals surface area (Å²) in [7, 11) is -1.02. The molecule has 0 aliphatic heterocycles. The van der Waals surface area contributed by atoms with E-state index in [1.807, 2.05) is 37.1 Å². The molecule has 1 aromatic rings. The normalized spacial score (nSPS) is 11.7. The molecule has 22 heavy (non-hydrogen) atoms. The van der Waals surface area contributed by atoms with Crippen molar-refractivity contribution in [2.24, 2.45) is 4.99 Å². The lowest BCUT2D eigenvalue weighted by Crippen LogP contribution is -2.38. The van der Waals surface area contributed by atoms with Crippen LogP contribution < -0.4 is 5.32 Å². The van der Waals surface area contributed by atoms with E-state index < -0.39 is 9.84 Å². The summed E-state index contributed by atoms with van der Waals surface area (Å²) >= 11 is 0. The van der Waals surface area contributed by atoms with Gasteiger partial charge in [-0.15, -0.1) is 24.0 Å². The van der Waals surface area contributed by atoms with E-state index in [4.69, 9.17) is 0 Å². The number of halogens is 1. The van der Waals surface area contributed by atoms with Crippen molar-refractivity contribution < 1.29 is 8.42 Å². The number of guanidine groups is 1. The fraction of sp³-hybridized carbons (Fsp3) is 0.533. The molecule has 5 nitrogen and oxygen atoms in total. The van der Waals surface area contributed by atoms with Crippen LogP contribution in [-0.4, -0.2) is 50.9 Å². The summed E-state index contributed by atoms with van der Waals surface area (Å²) in [6, 6.07) is 10.1. The molecule has 0 radical (unpaired) electrons. The third-order valence-electron chi connectivity index (χ3n) is 3.06. The van der Waals surface area contributed by atoms with Gasteiger partial charge in [-0.25, -0.2) is 8.42 Å². The lowest BCUT2D eigenvalue weighted by atomic mass is 10.2. The first kappa shape index (κ1) is 21.2. The zero-order chi connectivity index (χ0) is 15.7. The summed E-state index contributed by atoms with van der Waals surface area (Å²) in [6.07, 6.45) is 0. The lowest BCUT2D eigenvalue weighted by molar-refractivity contribution is 0.477. The number of nitrogens with zero attached hydrogens (tertiary/aromatic N) is 2. The molecule has 0 aromatic heterocycles. The molecule has 0 unspecified atom stereocenters. The fourth-order valence-electron chi connectivity index (χ4n) is 1.84. The Bertz CT molecular complexity index is 547. The van der Waals surface area contributed by atoms with Crippen LogP contribution in [0.1, 0.15) is 19.4 Å². The fourth-order valence-corrected chi connectivity index (χ4v) is 2.49. The summed E-state index contributed by atoms with van der Waals surface area (Å²) in [4.78, 5) is 6.39. The van der Waals surface area contributed by atoms with E-state index in [2.05, 4.69) is 22.4 Å². The highest BCUT2D eigenvalue weighted by molar-refractivity contribution is 14.0. The standard InChI is InChI=1S/C15H25N3O2S.HI/c1-4-16-15(17-11-12-21(19,20)5-2)18(3)13-14-9-7-6-8-10-14;/h6-10H,4-5,11-13H2,1-3H3,(H,16,17);1H. The van der Waals surface area contributed by atoms with Crippen LogP contribution in [0.4, 0.5) is 0 Å². The van der Waals surface area contributed by atoms with Crippen molar-refractivity contribution in [3.05, 3.63) is 35.9 Å². The zero-order valence-corrected chi connectivity index (χ0v) is 16.6. The second-order valence-electron chi connectivity index (χ2n) is 4.81. The Kier molecular flexibility index (Phi) is 10.4. The molecule has 7 heteroatoms. The van der Waals surface area contributed by atoms with Crippen LogP contribution in [0.15, 0.2) is 35.3 Å². The van der Waals surface area contributed by atoms with Gasteiger partial charge in [-0.2, -0.15) is 0 Å². The van der Waals surface area contributed by atoms with E-state index in [-0.39, 0.29) is 42.0 Å². The van der Waals surface area contributed by atoms with Gasteiger partial charge >= 0.3 is 0 Å². The average molecular weight is 439 g/mol. The van der Waals surface area contributed by atoms with Crippen molar-refractivity contribution in [2.75, 3.05) is 31.6 Å². The Balaban J connectivity index is 0.00000441. The van der Waals surface area contributed by atoms with E-state index in [0.717, 1.165) is 19.0 Å². The average Bonchev–Trinajstić information content (AvgIpc) is 2.47. The van der Waals surface area contributed by atoms with Crippen LogP contribution in [-0.2, 0) is 16.4 Å². The SMILES string of the molecule is CCNC(=NCCS(=O)(=O)CC)N(C)Cc1ccccc1.I. The van der Waals surface area contributed by atoms with E-state index >= 15 is 0 Å². The number of hydrogen-bond donors (Lipinski definition) is 1. The van der Waals surface area contributed by atoms with Crippen molar-refractivity contribution in [2.45, 2.75) is 20.4 Å². The van der Waals surface area contributed by atoms with Gasteiger partial charge in [0, 0.05) is 25.9 Å². The van der Waals surface area contributed by atoms with Gasteiger partial charge < -0.3 is 10.2 Å². The van der Waals surface area contributed by atoms with E-state index in [1.54, 1.807) is 6.92 Å². The summed E-state index contributed by atoms with van der Waals surface area (Å²) in [5.41, 5.74) is 1.19. The van der Waals surface area contributed by atoms with Crippen molar-refractivity contribution in [1.82, 2.24) is 10.2 Å². The van der Waals surface area contributed by atoms with Crippen molar-refractivity contribution in [1.29, 1.82) is 0 Å². The van der Waals surface area contributed by atoms with Crippen LogP contribution in [0.25, 0.3) is 0 Å². The molecule has 0 heterocycles. The van der Waals surface area contributed by atoms with Crippen LogP contribution in [0.5, 0.6) is 0 Å². The Morgan fingerprint density at radius 2 is 1.86 bits per heavy atom. The van der Waals surface area contributed by atoms with Gasteiger partial charge in [-0.3, -0.25) is 4.99 Å². The quantitative estimate of drug-likeness (QED) is 0.402. The highest BCUT2D eigenvalue weighted by Crippen LogP contribution is 2.03. The molecule has 0 amide bonds. The Labute approximate surface area is 151 Å². The molecular formula is C15H26IN3O2S. The number of hydrogen-bond acceptors (Lipinski definition) is 3. The highest BCUT2D eigenvalue weighted by atomic mass is 127. The summed E-state index contributed by atoms with van der Waals surface area (Å²) in [5, 5.41) is 3.19. The van der Waals surface area contributed by atoms with Crippen molar-refractivity contribution >= 4 is 39.8 Å². The molecule has 0 spiro atoms. The zero-order valence-electron chi connectivity index (χ0n) is 13.4. The van der Waals surface area contributed by atoms with E-state index in [9.17, 15) is 8.42 Å². The summed E-state index contributed by atoms with van der Waals surface area (Å²) < 4.78 is 23.0. The topological polar surface area (TPSA) is 61.8 Å². The van der Waals surface area contributed by atoms with Gasteiger partial charge in [0.15, 0.2) is 15.8 Å². The number of benzene rings is 1. The Morgan fingerprint density at radius 1 is 1.23 bits per heavy atom. The minimum Gasteiger partial charge on any atom is -0.357 e. The first-order chi connectivity index (χ1) is 9.98. The molecule has 1 N–H and O–H groups in total. The number of nitrogens with one attached hydrogen (secondary N) is 1. The molecule has 0 aliphatic carbocycles. The van der Waals surface area contributed by atoms with Crippen molar-refractivity contribution in [3.8, 4) is 0 Å². The molecule has 0 bridgehead atoms. The minimum atomic E-state index is -2.97. The molecule has 1 rings (SSSR count). The Hall–Kier alpha value is -0.830. The maximum Gasteiger partial charge on any atom is 0.193 e. The largest absolute Gasteiger partial charge is 0.357 e. The molecule has 126 valence electrons. The molecular weight excluding hydrogens is 413 g/mol. The number of rotatable bonds is 7. The number of sulfone groups is 1. The third-order valence-corrected chi connectivity index (χ3v) is 4.75. The van der Waals surface area contributed by atoms with Crippen LogP contribution in [0.3, 0.4) is 0 Å². The highest BCUT2D eigenvalue weighted by Gasteiger charge is 2.09. The summed E-state index contributed by atoms with van der Waals surface area (Å²) in [6.45, 7) is 5.42. The second-order valence-corrected chi connectivity index (χ2v) is 7.29. The smallest absolute Gasteiger partial charge is 0.193 e. The third kappa shape index (κ3) is 7.98.